The number of amides is 3. The quantitative estimate of drug-likeness (QED) is 0.134. The minimum absolute atomic E-state index is 0. The number of methoxy groups -OCH3 is 3. The van der Waals surface area contributed by atoms with Gasteiger partial charge in [-0.3, -0.25) is 0 Å². The zero-order chi connectivity index (χ0) is 24.4. The molecule has 0 aromatic rings. The van der Waals surface area contributed by atoms with E-state index in [1.54, 1.807) is 40.0 Å². The molecule has 3 atom stereocenters. The molecule has 0 rings (SSSR count). The third-order valence-corrected chi connectivity index (χ3v) is 3.80. The van der Waals surface area contributed by atoms with Gasteiger partial charge >= 0.3 is 17.9 Å². The Labute approximate surface area is 280 Å². The van der Waals surface area contributed by atoms with E-state index >= 15 is 0 Å². The van der Waals surface area contributed by atoms with E-state index < -0.39 is 36.0 Å². The van der Waals surface area contributed by atoms with Crippen molar-refractivity contribution in [2.24, 2.45) is 0 Å². The van der Waals surface area contributed by atoms with Crippen LogP contribution in [0.5, 0.6) is 0 Å². The van der Waals surface area contributed by atoms with Gasteiger partial charge in [-0.15, -0.1) is 0 Å². The largest absolute Gasteiger partial charge is 0.520 e. The van der Waals surface area contributed by atoms with Crippen molar-refractivity contribution in [2.75, 3.05) is 42.5 Å². The van der Waals surface area contributed by atoms with E-state index in [0.29, 0.717) is 0 Å². The first-order valence-electron chi connectivity index (χ1n) is 8.45. The maximum absolute atomic E-state index is 10.7. The molecule has 0 aromatic heterocycles. The molecule has 0 saturated heterocycles. The molecule has 1 unspecified atom stereocenters. The van der Waals surface area contributed by atoms with Gasteiger partial charge in [0.15, 0.2) is 0 Å². The third-order valence-electron chi connectivity index (χ3n) is 3.80. The van der Waals surface area contributed by atoms with E-state index in [9.17, 15) is 28.8 Å². The second kappa shape index (κ2) is 31.2. The van der Waals surface area contributed by atoms with Gasteiger partial charge in [0.2, 0.25) is 0 Å². The maximum atomic E-state index is 10.7. The van der Waals surface area contributed by atoms with Gasteiger partial charge in [-0.25, -0.2) is 14.4 Å². The fraction of sp³-hybridized carbons (Fsp3) is 0.684. The molecule has 0 fully saturated rings. The van der Waals surface area contributed by atoms with Crippen LogP contribution in [0.4, 0.5) is 0 Å². The summed E-state index contributed by atoms with van der Waals surface area (Å²) in [5.41, 5.74) is 0. The number of esters is 3. The molecular weight excluding hydrogens is 681 g/mol. The topological polar surface area (TPSA) is 140 Å². The van der Waals surface area contributed by atoms with Gasteiger partial charge in [0.1, 0.15) is 0 Å². The van der Waals surface area contributed by atoms with Crippen LogP contribution in [0.25, 0.3) is 0 Å². The molecule has 0 aliphatic heterocycles. The molecule has 0 heterocycles. The number of hydrogen-bond acceptors (Lipinski definition) is 9. The van der Waals surface area contributed by atoms with Crippen molar-refractivity contribution in [3.8, 4) is 0 Å². The number of hydrogen-bond donors (Lipinski definition) is 0. The van der Waals surface area contributed by atoms with E-state index in [0.717, 1.165) is 14.7 Å². The molecule has 34 heavy (non-hydrogen) atoms. The van der Waals surface area contributed by atoms with Crippen LogP contribution in [0.3, 0.4) is 0 Å². The summed E-state index contributed by atoms with van der Waals surface area (Å²) in [6.07, 6.45) is 4.69. The number of carbonyl (C=O) groups is 3. The molecule has 0 N–H and O–H groups in total. The number of carbonyl (C=O) groups excluding carboxylic acids is 6. The van der Waals surface area contributed by atoms with Crippen LogP contribution in [0.2, 0.25) is 0 Å². The predicted octanol–water partition coefficient (Wildman–Crippen LogP) is -0.485. The van der Waals surface area contributed by atoms with Crippen LogP contribution in [0, 0.1) is 0 Å². The Kier molecular flexibility index (Phi) is 46.6. The molecule has 0 aliphatic carbocycles. The zero-order valence-corrected chi connectivity index (χ0v) is 29.0. The fourth-order valence-electron chi connectivity index (χ4n) is 1.22. The number of nitrogens with zero attached hydrogens (tertiary/aromatic N) is 3. The van der Waals surface area contributed by atoms with Gasteiger partial charge in [0.25, 0.3) is 0 Å². The van der Waals surface area contributed by atoms with Crippen LogP contribution >= 0.6 is 0 Å². The Morgan fingerprint density at radius 3 is 0.824 bits per heavy atom. The van der Waals surface area contributed by atoms with Crippen LogP contribution in [-0.2, 0) is 141 Å². The second-order valence-electron chi connectivity index (χ2n) is 5.70. The standard InChI is InChI=1S/3C6H10NO3.CH4.3Y.H2/c3*1-5(6(9)10-3)7(2)4-8;;;;;/h3*5H,1-3H3;1H4;;;;1H/q3*-1;;;;;/t2*5-;;;;;;/m10....../s1/i;;;;;;;1+1. The monoisotopic (exact) mass is 718 g/mol. The van der Waals surface area contributed by atoms with E-state index in [2.05, 4.69) is 14.2 Å². The van der Waals surface area contributed by atoms with E-state index in [1.807, 2.05) is 0 Å². The van der Waals surface area contributed by atoms with E-state index in [4.69, 9.17) is 0 Å². The number of rotatable bonds is 9. The average molecular weight is 718 g/mol. The van der Waals surface area contributed by atoms with E-state index in [1.165, 1.54) is 42.5 Å². The molecule has 193 valence electrons. The van der Waals surface area contributed by atoms with E-state index in [-0.39, 0.29) is 107 Å². The molecule has 12 nitrogen and oxygen atoms in total. The summed E-state index contributed by atoms with van der Waals surface area (Å²) < 4.78 is 13.1. The van der Waals surface area contributed by atoms with Gasteiger partial charge in [-0.2, -0.15) is 19.2 Å². The average Bonchev–Trinajstić information content (AvgIpc) is 2.79. The van der Waals surface area contributed by atoms with Gasteiger partial charge in [-0.1, -0.05) is 7.43 Å². The first-order chi connectivity index (χ1) is 13.9. The molecule has 0 aliphatic rings. The van der Waals surface area contributed by atoms with Crippen LogP contribution in [0.1, 0.15) is 29.6 Å². The molecule has 3 radical (unpaired) electrons. The summed E-state index contributed by atoms with van der Waals surface area (Å²) in [4.78, 5) is 65.2. The third kappa shape index (κ3) is 23.9. The van der Waals surface area contributed by atoms with Crippen molar-refractivity contribution in [1.82, 2.24) is 14.7 Å². The summed E-state index contributed by atoms with van der Waals surface area (Å²) in [5, 5.41) is 0. The summed E-state index contributed by atoms with van der Waals surface area (Å²) in [6.45, 7) is 4.70. The summed E-state index contributed by atoms with van der Waals surface area (Å²) in [6, 6.07) is -1.66. The molecule has 0 aromatic carbocycles. The SMILES string of the molecule is C.COC(=O)C(C)N(C)[C-]=O.COC(=O)[C@@H](C)N(C)[C-]=O.COC(=O)[C@H](C)N(C)[C-]=O.[2HH].[Y].[Y].[Y]. The summed E-state index contributed by atoms with van der Waals surface area (Å²) >= 11 is 0. The second-order valence-corrected chi connectivity index (χ2v) is 5.70. The van der Waals surface area contributed by atoms with Gasteiger partial charge in [0.05, 0.1) is 39.5 Å². The first kappa shape index (κ1) is 50.9. The van der Waals surface area contributed by atoms with Gasteiger partial charge in [-0.05, 0) is 41.9 Å². The van der Waals surface area contributed by atoms with Gasteiger partial charge in [0, 0.05) is 99.6 Å². The smallest absolute Gasteiger partial charge is 0.325 e. The predicted molar refractivity (Wildman–Crippen MR) is 114 cm³/mol. The molecular formula is C19H36N3O9Y3-3. The molecule has 15 heteroatoms. The number of ether oxygens (including phenoxy) is 3. The van der Waals surface area contributed by atoms with Crippen molar-refractivity contribution in [2.45, 2.75) is 46.3 Å². The Hall–Kier alpha value is 0.132. The molecule has 0 saturated carbocycles. The number of likely N-dealkylation sites (N-methyl/N-ethyl adjacent to an activating group) is 3. The van der Waals surface area contributed by atoms with Crippen LogP contribution in [-0.4, -0.2) is 112 Å². The summed E-state index contributed by atoms with van der Waals surface area (Å²) in [7, 11) is 8.23. The Morgan fingerprint density at radius 2 is 0.735 bits per heavy atom. The van der Waals surface area contributed by atoms with Crippen molar-refractivity contribution in [1.29, 1.82) is 0 Å². The minimum atomic E-state index is -0.553. The summed E-state index contributed by atoms with van der Waals surface area (Å²) in [5.74, 6) is -1.32. The Bertz CT molecular complexity index is 503. The van der Waals surface area contributed by atoms with Crippen LogP contribution < -0.4 is 0 Å². The molecule has 0 spiro atoms. The van der Waals surface area contributed by atoms with Crippen molar-refractivity contribution >= 4 is 37.1 Å². The molecule has 3 amide bonds. The van der Waals surface area contributed by atoms with Crippen molar-refractivity contribution in [3.05, 3.63) is 0 Å². The fourth-order valence-corrected chi connectivity index (χ4v) is 1.22. The maximum Gasteiger partial charge on any atom is 0.325 e. The normalized spacial score (nSPS) is 10.5. The van der Waals surface area contributed by atoms with Crippen molar-refractivity contribution < 1.29 is 143 Å². The first-order valence-corrected chi connectivity index (χ1v) is 8.45. The Morgan fingerprint density at radius 1 is 0.588 bits per heavy atom. The molecule has 0 bridgehead atoms. The Balaban J connectivity index is -0.0000000486. The minimum Gasteiger partial charge on any atom is -0.520 e. The van der Waals surface area contributed by atoms with Crippen LogP contribution in [0.15, 0.2) is 0 Å². The van der Waals surface area contributed by atoms with Gasteiger partial charge < -0.3 is 43.3 Å². The van der Waals surface area contributed by atoms with Crippen molar-refractivity contribution in [3.63, 3.8) is 0 Å². The zero-order valence-electron chi connectivity index (χ0n) is 20.5.